The fourth-order valence-corrected chi connectivity index (χ4v) is 1.12. The third-order valence-electron chi connectivity index (χ3n) is 1.64. The Morgan fingerprint density at radius 3 is 3.09 bits per heavy atom. The van der Waals surface area contributed by atoms with Crippen molar-refractivity contribution in [1.82, 2.24) is 0 Å². The van der Waals surface area contributed by atoms with Crippen LogP contribution in [0.25, 0.3) is 0 Å². The molecular formula is C7H12O4. The molecule has 1 saturated heterocycles. The quantitative estimate of drug-likeness (QED) is 0.468. The molecule has 4 nitrogen and oxygen atoms in total. The van der Waals surface area contributed by atoms with Crippen molar-refractivity contribution >= 4 is 5.97 Å². The van der Waals surface area contributed by atoms with Crippen molar-refractivity contribution < 1.29 is 19.4 Å². The smallest absolute Gasteiger partial charge is 0.310 e. The number of aliphatic hydroxyl groups excluding tert-OH is 1. The van der Waals surface area contributed by atoms with E-state index in [-0.39, 0.29) is 18.5 Å². The first-order valence-electron chi connectivity index (χ1n) is 3.71. The molecule has 11 heavy (non-hydrogen) atoms. The van der Waals surface area contributed by atoms with Crippen LogP contribution in [0.2, 0.25) is 0 Å². The summed E-state index contributed by atoms with van der Waals surface area (Å²) in [4.78, 5) is 10.7. The Balaban J connectivity index is 2.13. The zero-order valence-corrected chi connectivity index (χ0v) is 6.28. The second kappa shape index (κ2) is 4.31. The molecule has 0 aromatic heterocycles. The summed E-state index contributed by atoms with van der Waals surface area (Å²) in [6.45, 7) is 0.197. The van der Waals surface area contributed by atoms with Crippen LogP contribution in [-0.4, -0.2) is 30.6 Å². The molecule has 1 heterocycles. The fourth-order valence-electron chi connectivity index (χ4n) is 1.12. The Bertz CT molecular complexity index is 128. The summed E-state index contributed by atoms with van der Waals surface area (Å²) in [5.74, 6) is -0.389. The van der Waals surface area contributed by atoms with Gasteiger partial charge in [0, 0.05) is 6.61 Å². The summed E-state index contributed by atoms with van der Waals surface area (Å²) in [5.41, 5.74) is 0. The van der Waals surface area contributed by atoms with Crippen molar-refractivity contribution in [1.29, 1.82) is 0 Å². The number of hydrogen-bond acceptors (Lipinski definition) is 4. The number of carbonyl (C=O) groups is 1. The van der Waals surface area contributed by atoms with Crippen LogP contribution in [-0.2, 0) is 14.3 Å². The summed E-state index contributed by atoms with van der Waals surface area (Å²) in [6, 6.07) is 0. The molecule has 1 fully saturated rings. The summed E-state index contributed by atoms with van der Waals surface area (Å²) >= 11 is 0. The maximum atomic E-state index is 10.7. The molecule has 1 N–H and O–H groups in total. The minimum absolute atomic E-state index is 0.00838. The summed E-state index contributed by atoms with van der Waals surface area (Å²) in [7, 11) is 0. The first-order chi connectivity index (χ1) is 5.33. The van der Waals surface area contributed by atoms with Crippen molar-refractivity contribution in [3.63, 3.8) is 0 Å². The number of rotatable bonds is 3. The Kier molecular flexibility index (Phi) is 3.32. The maximum absolute atomic E-state index is 10.7. The molecule has 0 radical (unpaired) electrons. The molecule has 0 amide bonds. The first-order valence-corrected chi connectivity index (χ1v) is 3.71. The molecule has 1 rings (SSSR count). The molecule has 0 spiro atoms. The van der Waals surface area contributed by atoms with Gasteiger partial charge in [0.05, 0.1) is 12.5 Å². The largest absolute Gasteiger partial charge is 0.439 e. The average Bonchev–Trinajstić information content (AvgIpc) is 2.40. The Morgan fingerprint density at radius 2 is 2.55 bits per heavy atom. The van der Waals surface area contributed by atoms with Gasteiger partial charge in [-0.1, -0.05) is 0 Å². The highest BCUT2D eigenvalue weighted by atomic mass is 16.6. The van der Waals surface area contributed by atoms with Crippen molar-refractivity contribution in [3.8, 4) is 0 Å². The van der Waals surface area contributed by atoms with Gasteiger partial charge in [0.25, 0.3) is 0 Å². The van der Waals surface area contributed by atoms with E-state index < -0.39 is 6.79 Å². The van der Waals surface area contributed by atoms with Gasteiger partial charge in [-0.3, -0.25) is 4.79 Å². The Hall–Kier alpha value is -0.610. The number of carbonyl (C=O) groups excluding carboxylic acids is 1. The van der Waals surface area contributed by atoms with Crippen LogP contribution in [0.15, 0.2) is 0 Å². The van der Waals surface area contributed by atoms with Crippen LogP contribution in [0.3, 0.4) is 0 Å². The van der Waals surface area contributed by atoms with Crippen LogP contribution in [0.1, 0.15) is 19.3 Å². The first kappa shape index (κ1) is 8.49. The van der Waals surface area contributed by atoms with Crippen molar-refractivity contribution in [2.75, 3.05) is 13.4 Å². The second-order valence-electron chi connectivity index (χ2n) is 2.48. The van der Waals surface area contributed by atoms with Gasteiger partial charge in [-0.25, -0.2) is 0 Å². The number of hydrogen-bond donors (Lipinski definition) is 1. The molecule has 0 saturated carbocycles. The predicted octanol–water partition coefficient (Wildman–Crippen LogP) is 0.0485. The molecule has 0 bridgehead atoms. The van der Waals surface area contributed by atoms with Crippen LogP contribution < -0.4 is 0 Å². The molecule has 1 unspecified atom stereocenters. The van der Waals surface area contributed by atoms with Crippen molar-refractivity contribution in [2.45, 2.75) is 25.4 Å². The topological polar surface area (TPSA) is 55.8 Å². The van der Waals surface area contributed by atoms with Crippen molar-refractivity contribution in [2.24, 2.45) is 0 Å². The van der Waals surface area contributed by atoms with E-state index >= 15 is 0 Å². The standard InChI is InChI=1S/C7H12O4/c8-5-11-7(9)4-6-2-1-3-10-6/h6,8H,1-5H2. The van der Waals surface area contributed by atoms with Crippen molar-refractivity contribution in [3.05, 3.63) is 0 Å². The van der Waals surface area contributed by atoms with Crippen LogP contribution in [0.5, 0.6) is 0 Å². The lowest BCUT2D eigenvalue weighted by Crippen LogP contribution is -2.15. The van der Waals surface area contributed by atoms with Gasteiger partial charge < -0.3 is 14.6 Å². The van der Waals surface area contributed by atoms with Gasteiger partial charge in [-0.15, -0.1) is 0 Å². The summed E-state index contributed by atoms with van der Waals surface area (Å²) in [5, 5.41) is 8.23. The second-order valence-corrected chi connectivity index (χ2v) is 2.48. The highest BCUT2D eigenvalue weighted by molar-refractivity contribution is 5.69. The lowest BCUT2D eigenvalue weighted by molar-refractivity contribution is -0.154. The average molecular weight is 160 g/mol. The third-order valence-corrected chi connectivity index (χ3v) is 1.64. The summed E-state index contributed by atoms with van der Waals surface area (Å²) in [6.07, 6.45) is 2.20. The lowest BCUT2D eigenvalue weighted by atomic mass is 10.2. The molecular weight excluding hydrogens is 148 g/mol. The van der Waals surface area contributed by atoms with E-state index in [0.29, 0.717) is 0 Å². The zero-order chi connectivity index (χ0) is 8.10. The molecule has 64 valence electrons. The van der Waals surface area contributed by atoms with Gasteiger partial charge in [-0.05, 0) is 12.8 Å². The SMILES string of the molecule is O=C(CC1CCCO1)OCO. The van der Waals surface area contributed by atoms with Gasteiger partial charge >= 0.3 is 5.97 Å². The van der Waals surface area contributed by atoms with E-state index in [4.69, 9.17) is 9.84 Å². The Labute approximate surface area is 65.1 Å². The monoisotopic (exact) mass is 160 g/mol. The maximum Gasteiger partial charge on any atom is 0.310 e. The molecule has 1 aliphatic heterocycles. The number of ether oxygens (including phenoxy) is 2. The molecule has 1 aliphatic rings. The molecule has 4 heteroatoms. The molecule has 0 aliphatic carbocycles. The van der Waals surface area contributed by atoms with Crippen LogP contribution in [0, 0.1) is 0 Å². The van der Waals surface area contributed by atoms with E-state index in [1.165, 1.54) is 0 Å². The van der Waals surface area contributed by atoms with Crippen LogP contribution in [0.4, 0.5) is 0 Å². The number of esters is 1. The minimum Gasteiger partial charge on any atom is -0.439 e. The normalized spacial score (nSPS) is 23.5. The van der Waals surface area contributed by atoms with E-state index in [0.717, 1.165) is 19.4 Å². The van der Waals surface area contributed by atoms with Gasteiger partial charge in [0.2, 0.25) is 0 Å². The lowest BCUT2D eigenvalue weighted by Gasteiger charge is -2.06. The highest BCUT2D eigenvalue weighted by Gasteiger charge is 2.19. The van der Waals surface area contributed by atoms with E-state index in [1.54, 1.807) is 0 Å². The highest BCUT2D eigenvalue weighted by Crippen LogP contribution is 2.15. The Morgan fingerprint density at radius 1 is 1.73 bits per heavy atom. The van der Waals surface area contributed by atoms with E-state index in [1.807, 2.05) is 0 Å². The molecule has 0 aromatic carbocycles. The predicted molar refractivity (Wildman–Crippen MR) is 36.8 cm³/mol. The summed E-state index contributed by atoms with van der Waals surface area (Å²) < 4.78 is 9.53. The van der Waals surface area contributed by atoms with Gasteiger partial charge in [-0.2, -0.15) is 0 Å². The third kappa shape index (κ3) is 2.86. The van der Waals surface area contributed by atoms with Crippen LogP contribution >= 0.6 is 0 Å². The van der Waals surface area contributed by atoms with E-state index in [9.17, 15) is 4.79 Å². The molecule has 1 atom stereocenters. The fraction of sp³-hybridized carbons (Fsp3) is 0.857. The number of aliphatic hydroxyl groups is 1. The zero-order valence-electron chi connectivity index (χ0n) is 6.28. The van der Waals surface area contributed by atoms with E-state index in [2.05, 4.69) is 4.74 Å². The minimum atomic E-state index is -0.536. The van der Waals surface area contributed by atoms with Gasteiger partial charge in [0.15, 0.2) is 6.79 Å². The molecule has 0 aromatic rings. The van der Waals surface area contributed by atoms with Gasteiger partial charge in [0.1, 0.15) is 0 Å².